The van der Waals surface area contributed by atoms with Crippen LogP contribution < -0.4 is 5.32 Å². The van der Waals surface area contributed by atoms with Crippen molar-refractivity contribution in [1.82, 2.24) is 9.38 Å². The predicted octanol–water partition coefficient (Wildman–Crippen LogP) is 3.17. The normalized spacial score (nSPS) is 19.7. The third-order valence-corrected chi connectivity index (χ3v) is 4.82. The van der Waals surface area contributed by atoms with Gasteiger partial charge in [0.1, 0.15) is 11.8 Å². The number of halogens is 1. The zero-order valence-corrected chi connectivity index (χ0v) is 12.7. The molecule has 1 aliphatic rings. The molecule has 3 aromatic rings. The van der Waals surface area contributed by atoms with E-state index in [2.05, 4.69) is 10.3 Å². The predicted molar refractivity (Wildman–Crippen MR) is 85.5 cm³/mol. The molecule has 0 saturated heterocycles. The lowest BCUT2D eigenvalue weighted by molar-refractivity contribution is -0.117. The highest BCUT2D eigenvalue weighted by Crippen LogP contribution is 2.35. The van der Waals surface area contributed by atoms with Gasteiger partial charge in [0, 0.05) is 0 Å². The van der Waals surface area contributed by atoms with Gasteiger partial charge in [0.25, 0.3) is 0 Å². The number of nitrogens with one attached hydrogen (secondary N) is 1. The Labute approximate surface area is 134 Å². The number of thiophene rings is 1. The number of amides is 1. The smallest absolute Gasteiger partial charge is 0.231 e. The Kier molecular flexibility index (Phi) is 3.23. The molecule has 3 aromatic heterocycles. The number of hydrogen-bond acceptors (Lipinski definition) is 4. The third-order valence-electron chi connectivity index (χ3n) is 3.79. The van der Waals surface area contributed by atoms with Crippen LogP contribution in [0, 0.1) is 5.92 Å². The van der Waals surface area contributed by atoms with Crippen molar-refractivity contribution in [3.8, 4) is 10.6 Å². The zero-order chi connectivity index (χ0) is 16.0. The number of fused-ring (bicyclic) bond motifs is 1. The summed E-state index contributed by atoms with van der Waals surface area (Å²) in [6, 6.07) is 9.24. The van der Waals surface area contributed by atoms with Gasteiger partial charge in [0.2, 0.25) is 5.91 Å². The van der Waals surface area contributed by atoms with Crippen LogP contribution in [-0.4, -0.2) is 27.7 Å². The Balaban J connectivity index is 1.69. The first-order valence-electron chi connectivity index (χ1n) is 7.14. The summed E-state index contributed by atoms with van der Waals surface area (Å²) >= 11 is 1.39. The van der Waals surface area contributed by atoms with Crippen LogP contribution in [0.4, 0.5) is 10.2 Å². The average Bonchev–Trinajstić information content (AvgIpc) is 2.97. The fourth-order valence-electron chi connectivity index (χ4n) is 2.48. The zero-order valence-electron chi connectivity index (χ0n) is 11.9. The Morgan fingerprint density at radius 1 is 1.39 bits per heavy atom. The van der Waals surface area contributed by atoms with Crippen LogP contribution in [-0.2, 0) is 4.79 Å². The number of hydrogen-bond donors (Lipinski definition) is 1. The first kappa shape index (κ1) is 14.1. The van der Waals surface area contributed by atoms with Gasteiger partial charge >= 0.3 is 0 Å². The van der Waals surface area contributed by atoms with E-state index >= 15 is 0 Å². The van der Waals surface area contributed by atoms with E-state index in [4.69, 9.17) is 0 Å². The summed E-state index contributed by atoms with van der Waals surface area (Å²) in [6.45, 7) is 0. The van der Waals surface area contributed by atoms with Gasteiger partial charge in [-0.25, -0.2) is 9.37 Å². The van der Waals surface area contributed by atoms with E-state index in [-0.39, 0.29) is 12.3 Å². The Hall–Kier alpha value is -2.54. The fraction of sp³-hybridized carbons (Fsp3) is 0.188. The molecule has 0 aromatic carbocycles. The molecule has 0 radical (unpaired) electrons. The molecule has 1 N–H and O–H groups in total. The van der Waals surface area contributed by atoms with Crippen LogP contribution in [0.2, 0.25) is 0 Å². The van der Waals surface area contributed by atoms with Gasteiger partial charge in [-0.1, -0.05) is 6.07 Å². The molecule has 1 aliphatic carbocycles. The van der Waals surface area contributed by atoms with E-state index in [1.165, 1.54) is 11.3 Å². The minimum absolute atomic E-state index is 0.286. The largest absolute Gasteiger partial charge is 0.309 e. The van der Waals surface area contributed by atoms with Gasteiger partial charge in [-0.15, -0.1) is 11.3 Å². The quantitative estimate of drug-likeness (QED) is 0.748. The van der Waals surface area contributed by atoms with Gasteiger partial charge in [-0.3, -0.25) is 14.0 Å². The molecule has 0 aliphatic heterocycles. The van der Waals surface area contributed by atoms with Gasteiger partial charge in [0.15, 0.2) is 12.1 Å². The van der Waals surface area contributed by atoms with Crippen LogP contribution in [0.1, 0.15) is 16.1 Å². The second-order valence-electron chi connectivity index (χ2n) is 5.43. The lowest BCUT2D eigenvalue weighted by Gasteiger charge is -2.01. The van der Waals surface area contributed by atoms with Crippen molar-refractivity contribution < 1.29 is 14.0 Å². The molecule has 0 unspecified atom stereocenters. The van der Waals surface area contributed by atoms with Crippen LogP contribution in [0.5, 0.6) is 0 Å². The standard InChI is InChI=1S/C16H12FN3O2S/c17-11-6-10(11)16(22)19-14-7-20-12(2-1-3-15(20)18-14)13-5-4-9(8-21)23-13/h1-5,7-8,10-11H,6H2,(H,19,22)/t10-,11-/m0/s1. The van der Waals surface area contributed by atoms with E-state index in [1.807, 2.05) is 28.7 Å². The number of carbonyl (C=O) groups excluding carboxylic acids is 2. The summed E-state index contributed by atoms with van der Waals surface area (Å²) in [5.74, 6) is -0.484. The van der Waals surface area contributed by atoms with Crippen molar-refractivity contribution in [1.29, 1.82) is 0 Å². The number of pyridine rings is 1. The van der Waals surface area contributed by atoms with Gasteiger partial charge in [-0.05, 0) is 30.7 Å². The minimum atomic E-state index is -1.03. The summed E-state index contributed by atoms with van der Waals surface area (Å²) < 4.78 is 14.8. The second kappa shape index (κ2) is 5.27. The van der Waals surface area contributed by atoms with E-state index in [9.17, 15) is 14.0 Å². The molecule has 2 atom stereocenters. The molecule has 116 valence electrons. The van der Waals surface area contributed by atoms with Crippen LogP contribution in [0.15, 0.2) is 36.5 Å². The summed E-state index contributed by atoms with van der Waals surface area (Å²) in [5, 5.41) is 2.66. The molecule has 1 saturated carbocycles. The molecule has 5 nitrogen and oxygen atoms in total. The first-order valence-corrected chi connectivity index (χ1v) is 7.96. The summed E-state index contributed by atoms with van der Waals surface area (Å²) in [7, 11) is 0. The maximum atomic E-state index is 12.9. The highest BCUT2D eigenvalue weighted by molar-refractivity contribution is 7.17. The number of imidazole rings is 1. The monoisotopic (exact) mass is 329 g/mol. The van der Waals surface area contributed by atoms with E-state index < -0.39 is 12.1 Å². The number of rotatable bonds is 4. The van der Waals surface area contributed by atoms with Crippen molar-refractivity contribution in [2.75, 3.05) is 5.32 Å². The van der Waals surface area contributed by atoms with Gasteiger partial charge in [0.05, 0.1) is 27.6 Å². The summed E-state index contributed by atoms with van der Waals surface area (Å²) in [5.41, 5.74) is 1.55. The van der Waals surface area contributed by atoms with Gasteiger partial charge in [-0.2, -0.15) is 0 Å². The Morgan fingerprint density at radius 2 is 2.22 bits per heavy atom. The molecule has 4 rings (SSSR count). The van der Waals surface area contributed by atoms with Crippen LogP contribution >= 0.6 is 11.3 Å². The van der Waals surface area contributed by atoms with E-state index in [0.29, 0.717) is 16.3 Å². The first-order chi connectivity index (χ1) is 11.2. The summed E-state index contributed by atoms with van der Waals surface area (Å²) in [6.07, 6.45) is 1.78. The van der Waals surface area contributed by atoms with Crippen LogP contribution in [0.25, 0.3) is 16.2 Å². The molecule has 1 fully saturated rings. The number of nitrogens with zero attached hydrogens (tertiary/aromatic N) is 2. The third kappa shape index (κ3) is 2.53. The minimum Gasteiger partial charge on any atom is -0.309 e. The molecule has 0 spiro atoms. The van der Waals surface area contributed by atoms with Crippen molar-refractivity contribution in [3.05, 3.63) is 41.4 Å². The summed E-state index contributed by atoms with van der Waals surface area (Å²) in [4.78, 5) is 28.6. The molecule has 3 heterocycles. The molecule has 7 heteroatoms. The lowest BCUT2D eigenvalue weighted by atomic mass is 10.3. The molecule has 1 amide bonds. The second-order valence-corrected chi connectivity index (χ2v) is 6.55. The Morgan fingerprint density at radius 3 is 2.91 bits per heavy atom. The average molecular weight is 329 g/mol. The highest BCUT2D eigenvalue weighted by atomic mass is 32.1. The van der Waals surface area contributed by atoms with E-state index in [0.717, 1.165) is 16.9 Å². The maximum Gasteiger partial charge on any atom is 0.231 e. The number of anilines is 1. The lowest BCUT2D eigenvalue weighted by Crippen LogP contribution is -2.15. The van der Waals surface area contributed by atoms with Gasteiger partial charge < -0.3 is 5.32 Å². The van der Waals surface area contributed by atoms with Crippen molar-refractivity contribution >= 4 is 35.0 Å². The van der Waals surface area contributed by atoms with Crippen LogP contribution in [0.3, 0.4) is 0 Å². The number of carbonyl (C=O) groups is 2. The van der Waals surface area contributed by atoms with Crippen molar-refractivity contribution in [2.24, 2.45) is 5.92 Å². The Bertz CT molecular complexity index is 917. The molecular weight excluding hydrogens is 317 g/mol. The molecular formula is C16H12FN3O2S. The number of alkyl halides is 1. The van der Waals surface area contributed by atoms with Crippen molar-refractivity contribution in [3.63, 3.8) is 0 Å². The fourth-order valence-corrected chi connectivity index (χ4v) is 3.33. The molecule has 0 bridgehead atoms. The van der Waals surface area contributed by atoms with E-state index in [1.54, 1.807) is 12.3 Å². The number of aromatic nitrogens is 2. The maximum absolute atomic E-state index is 12.9. The highest BCUT2D eigenvalue weighted by Gasteiger charge is 2.43. The molecule has 23 heavy (non-hydrogen) atoms. The number of aldehydes is 1. The SMILES string of the molecule is O=Cc1ccc(-c2cccc3nc(NC(=O)[C@H]4C[C@@H]4F)cn23)s1. The topological polar surface area (TPSA) is 63.5 Å². The van der Waals surface area contributed by atoms with Crippen molar-refractivity contribution in [2.45, 2.75) is 12.6 Å².